The lowest BCUT2D eigenvalue weighted by molar-refractivity contribution is -0.121. The Balaban J connectivity index is 0.879. The predicted octanol–water partition coefficient (Wildman–Crippen LogP) is 4.36. The number of hydrogen-bond acceptors (Lipinski definition) is 31. The van der Waals surface area contributed by atoms with Gasteiger partial charge in [-0.15, -0.1) is 45.3 Å². The first-order chi connectivity index (χ1) is 49.3. The lowest BCUT2D eigenvalue weighted by Crippen LogP contribution is -2.43. The van der Waals surface area contributed by atoms with E-state index in [1.54, 1.807) is 34.6 Å². The molecule has 8 rings (SSSR count). The molecule has 0 spiro atoms. The van der Waals surface area contributed by atoms with E-state index in [4.69, 9.17) is 37.9 Å². The molecule has 0 aromatic carbocycles. The number of nitrogens with one attached hydrogen (secondary N) is 7. The molecule has 4 aromatic heterocycles. The van der Waals surface area contributed by atoms with Gasteiger partial charge in [0.1, 0.15) is 33.7 Å². The lowest BCUT2D eigenvalue weighted by atomic mass is 9.92. The van der Waals surface area contributed by atoms with Crippen molar-refractivity contribution < 1.29 is 105 Å². The van der Waals surface area contributed by atoms with Crippen molar-refractivity contribution in [1.29, 1.82) is 0 Å². The van der Waals surface area contributed by atoms with Gasteiger partial charge in [0.25, 0.3) is 0 Å². The van der Waals surface area contributed by atoms with E-state index in [1.807, 2.05) is 27.7 Å². The SMILES string of the molecule is CCN[C@H]1C[C@H](C)S(=O)(=O)c2sc(S(=O)(=O)NCCOCCOCC(COCCOCCCNS(=O)(=O)c3cc4c(s3)S(=O)(=O)[C@@H](C)C[C@@H]4C)(COCCOCCNS(=O)(=O)c3cc4c(s3)S(=O)(=O)[C@@H](C)C[C@@H]4NCC)COCCOCCNS(=O)(=O)c3cc4c(s3)S(=O)(=O)C(C)(C)C[C@@H]4NCC)cc21. The fraction of sp³-hybridized carbons (Fsp3) is 0.742. The molecule has 0 bridgehead atoms. The number of sulfonamides is 4. The van der Waals surface area contributed by atoms with E-state index in [-0.39, 0.29) is 202 Å². The molecular weight excluding hydrogens is 1610 g/mol. The van der Waals surface area contributed by atoms with Crippen LogP contribution in [0.5, 0.6) is 0 Å². The van der Waals surface area contributed by atoms with Crippen LogP contribution >= 0.6 is 45.3 Å². The molecule has 7 atom stereocenters. The van der Waals surface area contributed by atoms with Crippen LogP contribution in [0.2, 0.25) is 0 Å². The first-order valence-electron chi connectivity index (χ1n) is 34.6. The maximum atomic E-state index is 13.6. The number of rotatable bonds is 47. The van der Waals surface area contributed by atoms with E-state index in [2.05, 4.69) is 34.8 Å². The third kappa shape index (κ3) is 21.8. The van der Waals surface area contributed by atoms with Crippen molar-refractivity contribution in [3.63, 3.8) is 0 Å². The third-order valence-electron chi connectivity index (χ3n) is 18.2. The number of ether oxygens (including phenoxy) is 8. The highest BCUT2D eigenvalue weighted by molar-refractivity contribution is 7.97. The molecule has 31 nitrogen and oxygen atoms in total. The molecule has 8 heterocycles. The summed E-state index contributed by atoms with van der Waals surface area (Å²) in [5.41, 5.74) is 0.628. The Morgan fingerprint density at radius 2 is 0.695 bits per heavy atom. The monoisotopic (exact) mass is 1710 g/mol. The molecule has 0 radical (unpaired) electrons. The highest BCUT2D eigenvalue weighted by Gasteiger charge is 2.48. The van der Waals surface area contributed by atoms with Crippen LogP contribution in [0, 0.1) is 5.41 Å². The van der Waals surface area contributed by atoms with E-state index in [0.29, 0.717) is 95.2 Å². The molecule has 0 saturated heterocycles. The summed E-state index contributed by atoms with van der Waals surface area (Å²) >= 11 is 2.86. The van der Waals surface area contributed by atoms with Crippen LogP contribution in [0.1, 0.15) is 141 Å². The van der Waals surface area contributed by atoms with Gasteiger partial charge in [-0.05, 0) is 122 Å². The van der Waals surface area contributed by atoms with Gasteiger partial charge in [-0.2, -0.15) is 0 Å². The van der Waals surface area contributed by atoms with E-state index < -0.39 is 105 Å². The maximum Gasteiger partial charge on any atom is 0.250 e. The van der Waals surface area contributed by atoms with Crippen LogP contribution < -0.4 is 34.8 Å². The molecular formula is C62H101N7O24S12. The summed E-state index contributed by atoms with van der Waals surface area (Å²) in [6, 6.07) is 4.60. The predicted molar refractivity (Wildman–Crippen MR) is 399 cm³/mol. The van der Waals surface area contributed by atoms with Crippen LogP contribution in [0.3, 0.4) is 0 Å². The zero-order valence-electron chi connectivity index (χ0n) is 60.3. The highest BCUT2D eigenvalue weighted by atomic mass is 32.3. The van der Waals surface area contributed by atoms with Crippen LogP contribution in [0.4, 0.5) is 0 Å². The molecule has 600 valence electrons. The fourth-order valence-corrected chi connectivity index (χ4v) is 33.1. The molecule has 4 aliphatic heterocycles. The zero-order chi connectivity index (χ0) is 77.0. The van der Waals surface area contributed by atoms with Crippen LogP contribution in [0.25, 0.3) is 0 Å². The van der Waals surface area contributed by atoms with Gasteiger partial charge in [-0.1, -0.05) is 27.7 Å². The van der Waals surface area contributed by atoms with Crippen molar-refractivity contribution in [1.82, 2.24) is 34.8 Å². The van der Waals surface area contributed by atoms with E-state index in [0.717, 1.165) is 11.3 Å². The smallest absolute Gasteiger partial charge is 0.250 e. The maximum absolute atomic E-state index is 13.6. The Morgan fingerprint density at radius 3 is 1.07 bits per heavy atom. The number of sulfone groups is 4. The molecule has 7 N–H and O–H groups in total. The van der Waals surface area contributed by atoms with Crippen LogP contribution in [-0.2, 0) is 117 Å². The normalized spacial score (nSPS) is 22.7. The molecule has 0 fully saturated rings. The fourth-order valence-electron chi connectivity index (χ4n) is 12.4. The van der Waals surface area contributed by atoms with Crippen molar-refractivity contribution in [3.8, 4) is 0 Å². The average molecular weight is 1710 g/mol. The van der Waals surface area contributed by atoms with Gasteiger partial charge in [-0.25, -0.2) is 86.2 Å². The van der Waals surface area contributed by atoms with Crippen molar-refractivity contribution in [2.75, 3.05) is 152 Å². The molecule has 43 heteroatoms. The molecule has 4 aromatic rings. The molecule has 0 unspecified atom stereocenters. The summed E-state index contributed by atoms with van der Waals surface area (Å²) < 4.78 is 270. The van der Waals surface area contributed by atoms with Crippen molar-refractivity contribution in [2.45, 2.75) is 173 Å². The van der Waals surface area contributed by atoms with Gasteiger partial charge in [0.2, 0.25) is 40.1 Å². The first-order valence-corrected chi connectivity index (χ1v) is 50.0. The number of hydrogen-bond donors (Lipinski definition) is 7. The van der Waals surface area contributed by atoms with E-state index in [1.165, 1.54) is 24.3 Å². The minimum absolute atomic E-state index is 0.0110. The van der Waals surface area contributed by atoms with Crippen LogP contribution in [-0.4, -0.2) is 239 Å². The van der Waals surface area contributed by atoms with Crippen LogP contribution in [0.15, 0.2) is 57.9 Å². The Labute approximate surface area is 635 Å². The minimum Gasteiger partial charge on any atom is -0.379 e. The van der Waals surface area contributed by atoms with E-state index >= 15 is 0 Å². The van der Waals surface area contributed by atoms with Gasteiger partial charge in [0.05, 0.1) is 125 Å². The van der Waals surface area contributed by atoms with Gasteiger partial charge < -0.3 is 53.8 Å². The summed E-state index contributed by atoms with van der Waals surface area (Å²) in [4.78, 5) is 0. The Bertz CT molecular complexity index is 4380. The Morgan fingerprint density at radius 1 is 0.400 bits per heavy atom. The standard InChI is InChI=1S/C62H101N7O24S12/c1-10-63-50-31-44(6)99(72,73)58-47(50)34-54(95-58)103(80,81)67-15-19-87-23-27-91-39-62(38-90-26-22-86-18-13-14-66-102(78,79)53-33-46-42(4)30-43(5)98(70,71)57(46)94-53,40-92-28-24-88-20-16-68-104(82,83)55-35-48-51(64-11-2)32-45(7)100(74,75)59(48)96-55)41-93-29-25-89-21-17-69-105(84,85)56-36-49-52(65-12-3)37-61(8,9)101(76,77)60(49)97-56/h33-36,42-45,50-52,63-69H,10-32,37-41H2,1-9H3/t42-,43-,44-,45-,50-,51-,52-/m0/s1. The van der Waals surface area contributed by atoms with Crippen molar-refractivity contribution in [3.05, 3.63) is 46.5 Å². The third-order valence-corrected chi connectivity index (χ3v) is 41.9. The second-order valence-electron chi connectivity index (χ2n) is 26.8. The van der Waals surface area contributed by atoms with Gasteiger partial charge >= 0.3 is 0 Å². The minimum atomic E-state index is -4.16. The summed E-state index contributed by atoms with van der Waals surface area (Å²) in [6.45, 7) is 16.1. The zero-order valence-corrected chi connectivity index (χ0v) is 70.1. The quantitative estimate of drug-likeness (QED) is 0.0302. The topological polar surface area (TPSA) is 431 Å². The average Bonchev–Trinajstić information content (AvgIpc) is 1.68. The van der Waals surface area contributed by atoms with E-state index in [9.17, 15) is 67.3 Å². The summed E-state index contributed by atoms with van der Waals surface area (Å²) in [5.74, 6) is -0.130. The molecule has 0 saturated carbocycles. The largest absolute Gasteiger partial charge is 0.379 e. The molecule has 0 amide bonds. The highest BCUT2D eigenvalue weighted by Crippen LogP contribution is 2.49. The van der Waals surface area contributed by atoms with Gasteiger partial charge in [0, 0.05) is 67.6 Å². The number of fused-ring (bicyclic) bond motifs is 4. The summed E-state index contributed by atoms with van der Waals surface area (Å²) in [6.07, 6.45) is 1.50. The second kappa shape index (κ2) is 37.6. The Hall–Kier alpha value is -2.20. The first kappa shape index (κ1) is 88.4. The van der Waals surface area contributed by atoms with Crippen molar-refractivity contribution >= 4 is 125 Å². The van der Waals surface area contributed by atoms with Gasteiger partial charge in [-0.3, -0.25) is 0 Å². The van der Waals surface area contributed by atoms with Gasteiger partial charge in [0.15, 0.2) is 39.3 Å². The lowest BCUT2D eigenvalue weighted by Gasteiger charge is -2.35. The number of thiophene rings is 4. The van der Waals surface area contributed by atoms with Crippen molar-refractivity contribution in [2.24, 2.45) is 5.41 Å². The second-order valence-corrected chi connectivity index (χ2v) is 49.5. The summed E-state index contributed by atoms with van der Waals surface area (Å²) in [7, 11) is -31.4. The Kier molecular flexibility index (Phi) is 31.7. The molecule has 4 aliphatic rings. The summed E-state index contributed by atoms with van der Waals surface area (Å²) in [5, 5.41) is 7.73. The molecule has 105 heavy (non-hydrogen) atoms. The molecule has 0 aliphatic carbocycles.